The van der Waals surface area contributed by atoms with Crippen LogP contribution in [0.3, 0.4) is 0 Å². The van der Waals surface area contributed by atoms with Crippen molar-refractivity contribution in [2.24, 2.45) is 0 Å². The largest absolute Gasteiger partial charge is 0.283 e. The fraction of sp³-hybridized carbons (Fsp3) is 0.167. The molecule has 6 heteroatoms. The van der Waals surface area contributed by atoms with Crippen molar-refractivity contribution in [2.45, 2.75) is 18.1 Å². The maximum absolute atomic E-state index is 12.1. The smallest absolute Gasteiger partial charge is 0.235 e. The molecular weight excluding hydrogens is 340 g/mol. The second kappa shape index (κ2) is 6.03. The van der Waals surface area contributed by atoms with E-state index in [1.54, 1.807) is 17.4 Å². The van der Waals surface area contributed by atoms with Crippen LogP contribution in [0.1, 0.15) is 12.8 Å². The molecule has 1 saturated carbocycles. The molecular formula is C18H16N2O2S2. The zero-order valence-corrected chi connectivity index (χ0v) is 14.5. The van der Waals surface area contributed by atoms with Crippen LogP contribution < -0.4 is 4.72 Å². The van der Waals surface area contributed by atoms with Crippen molar-refractivity contribution in [3.63, 3.8) is 0 Å². The van der Waals surface area contributed by atoms with Gasteiger partial charge in [0.1, 0.15) is 5.01 Å². The van der Waals surface area contributed by atoms with E-state index in [9.17, 15) is 8.42 Å². The Kier molecular flexibility index (Phi) is 3.86. The summed E-state index contributed by atoms with van der Waals surface area (Å²) in [5.74, 6) is 0. The summed E-state index contributed by atoms with van der Waals surface area (Å²) in [6, 6.07) is 17.4. The van der Waals surface area contributed by atoms with E-state index in [-0.39, 0.29) is 5.25 Å². The van der Waals surface area contributed by atoms with Crippen molar-refractivity contribution in [1.29, 1.82) is 0 Å². The monoisotopic (exact) mass is 356 g/mol. The molecule has 0 atom stereocenters. The molecule has 1 N–H and O–H groups in total. The lowest BCUT2D eigenvalue weighted by Gasteiger charge is -2.07. The van der Waals surface area contributed by atoms with E-state index < -0.39 is 10.0 Å². The Bertz CT molecular complexity index is 961. The van der Waals surface area contributed by atoms with Crippen LogP contribution in [0.4, 0.5) is 5.69 Å². The van der Waals surface area contributed by atoms with Crippen LogP contribution in [0, 0.1) is 0 Å². The van der Waals surface area contributed by atoms with Gasteiger partial charge in [-0.15, -0.1) is 11.3 Å². The van der Waals surface area contributed by atoms with Crippen LogP contribution >= 0.6 is 11.3 Å². The molecule has 0 bridgehead atoms. The Morgan fingerprint density at radius 2 is 1.75 bits per heavy atom. The van der Waals surface area contributed by atoms with Gasteiger partial charge in [-0.2, -0.15) is 0 Å². The van der Waals surface area contributed by atoms with Crippen molar-refractivity contribution in [2.75, 3.05) is 4.72 Å². The summed E-state index contributed by atoms with van der Waals surface area (Å²) in [4.78, 5) is 4.68. The first-order valence-electron chi connectivity index (χ1n) is 7.75. The predicted molar refractivity (Wildman–Crippen MR) is 98.6 cm³/mol. The maximum atomic E-state index is 12.1. The topological polar surface area (TPSA) is 59.1 Å². The number of nitrogens with zero attached hydrogens (tertiary/aromatic N) is 1. The van der Waals surface area contributed by atoms with Gasteiger partial charge in [0, 0.05) is 22.2 Å². The summed E-state index contributed by atoms with van der Waals surface area (Å²) in [6.07, 6.45) is 1.50. The average molecular weight is 356 g/mol. The van der Waals surface area contributed by atoms with Crippen molar-refractivity contribution in [3.05, 3.63) is 60.0 Å². The molecule has 3 aromatic rings. The standard InChI is InChI=1S/C18H16N2O2S2/c21-24(22,16-9-10-16)20-15-8-4-7-14(11-15)17-12-23-18(19-17)13-5-2-1-3-6-13/h1-8,11-12,16,20H,9-10H2. The molecule has 2 aromatic carbocycles. The van der Waals surface area contributed by atoms with E-state index in [0.29, 0.717) is 5.69 Å². The summed E-state index contributed by atoms with van der Waals surface area (Å²) in [5, 5.41) is 2.72. The van der Waals surface area contributed by atoms with E-state index >= 15 is 0 Å². The van der Waals surface area contributed by atoms with Gasteiger partial charge >= 0.3 is 0 Å². The fourth-order valence-electron chi connectivity index (χ4n) is 2.49. The quantitative estimate of drug-likeness (QED) is 0.738. The highest BCUT2D eigenvalue weighted by atomic mass is 32.2. The average Bonchev–Trinajstić information content (AvgIpc) is 3.34. The van der Waals surface area contributed by atoms with Gasteiger partial charge in [0.05, 0.1) is 10.9 Å². The van der Waals surface area contributed by atoms with Gasteiger partial charge in [0.15, 0.2) is 0 Å². The fourth-order valence-corrected chi connectivity index (χ4v) is 4.70. The number of hydrogen-bond acceptors (Lipinski definition) is 4. The number of sulfonamides is 1. The van der Waals surface area contributed by atoms with Crippen molar-refractivity contribution in [3.8, 4) is 21.8 Å². The van der Waals surface area contributed by atoms with Gasteiger partial charge in [0.2, 0.25) is 10.0 Å². The third kappa shape index (κ3) is 3.20. The molecule has 1 heterocycles. The van der Waals surface area contributed by atoms with Gasteiger partial charge in [-0.3, -0.25) is 4.72 Å². The summed E-state index contributed by atoms with van der Waals surface area (Å²) in [6.45, 7) is 0. The summed E-state index contributed by atoms with van der Waals surface area (Å²) < 4.78 is 26.8. The molecule has 122 valence electrons. The molecule has 4 nitrogen and oxygen atoms in total. The Balaban J connectivity index is 1.61. The zero-order chi connectivity index (χ0) is 16.6. The van der Waals surface area contributed by atoms with Crippen LogP contribution in [-0.4, -0.2) is 18.7 Å². The van der Waals surface area contributed by atoms with Crippen molar-refractivity contribution in [1.82, 2.24) is 4.98 Å². The number of rotatable bonds is 5. The summed E-state index contributed by atoms with van der Waals surface area (Å²) in [7, 11) is -3.24. The number of anilines is 1. The lowest BCUT2D eigenvalue weighted by Crippen LogP contribution is -2.17. The van der Waals surface area contributed by atoms with Gasteiger partial charge in [-0.1, -0.05) is 42.5 Å². The van der Waals surface area contributed by atoms with Gasteiger partial charge in [0.25, 0.3) is 0 Å². The van der Waals surface area contributed by atoms with E-state index in [4.69, 9.17) is 0 Å². The van der Waals surface area contributed by atoms with Crippen LogP contribution in [0.5, 0.6) is 0 Å². The highest BCUT2D eigenvalue weighted by Crippen LogP contribution is 2.32. The SMILES string of the molecule is O=S(=O)(Nc1cccc(-c2csc(-c3ccccc3)n2)c1)C1CC1. The van der Waals surface area contributed by atoms with Crippen molar-refractivity contribution >= 4 is 27.0 Å². The molecule has 1 aromatic heterocycles. The predicted octanol–water partition coefficient (Wildman–Crippen LogP) is 4.38. The molecule has 4 rings (SSSR count). The Hall–Kier alpha value is -2.18. The number of nitrogens with one attached hydrogen (secondary N) is 1. The lowest BCUT2D eigenvalue weighted by atomic mass is 10.1. The minimum Gasteiger partial charge on any atom is -0.283 e. The van der Waals surface area contributed by atoms with Crippen LogP contribution in [0.25, 0.3) is 21.8 Å². The lowest BCUT2D eigenvalue weighted by molar-refractivity contribution is 0.600. The molecule has 0 radical (unpaired) electrons. The zero-order valence-electron chi connectivity index (χ0n) is 12.8. The molecule has 0 saturated heterocycles. The second-order valence-corrected chi connectivity index (χ2v) is 8.65. The molecule has 0 spiro atoms. The minimum absolute atomic E-state index is 0.231. The minimum atomic E-state index is -3.24. The van der Waals surface area contributed by atoms with Gasteiger partial charge < -0.3 is 0 Å². The Morgan fingerprint density at radius 3 is 2.50 bits per heavy atom. The molecule has 0 aliphatic heterocycles. The molecule has 24 heavy (non-hydrogen) atoms. The van der Waals surface area contributed by atoms with Crippen molar-refractivity contribution < 1.29 is 8.42 Å². The maximum Gasteiger partial charge on any atom is 0.235 e. The molecule has 0 amide bonds. The second-order valence-electron chi connectivity index (χ2n) is 5.83. The third-order valence-corrected chi connectivity index (χ3v) is 6.67. The molecule has 1 aliphatic rings. The van der Waals surface area contributed by atoms with E-state index in [0.717, 1.165) is 34.7 Å². The van der Waals surface area contributed by atoms with Crippen LogP contribution in [0.15, 0.2) is 60.0 Å². The van der Waals surface area contributed by atoms with Gasteiger partial charge in [-0.25, -0.2) is 13.4 Å². The highest BCUT2D eigenvalue weighted by Gasteiger charge is 2.35. The highest BCUT2D eigenvalue weighted by molar-refractivity contribution is 7.93. The van der Waals surface area contributed by atoms with E-state index in [1.807, 2.05) is 53.9 Å². The first-order valence-corrected chi connectivity index (χ1v) is 10.2. The molecule has 0 unspecified atom stereocenters. The first kappa shape index (κ1) is 15.4. The van der Waals surface area contributed by atoms with E-state index in [2.05, 4.69) is 9.71 Å². The van der Waals surface area contributed by atoms with Crippen LogP contribution in [0.2, 0.25) is 0 Å². The summed E-state index contributed by atoms with van der Waals surface area (Å²) in [5.41, 5.74) is 3.43. The molecule has 1 aliphatic carbocycles. The summed E-state index contributed by atoms with van der Waals surface area (Å²) >= 11 is 1.58. The number of benzene rings is 2. The Morgan fingerprint density at radius 1 is 1.00 bits per heavy atom. The first-order chi connectivity index (χ1) is 11.6. The van der Waals surface area contributed by atoms with Gasteiger partial charge in [-0.05, 0) is 25.0 Å². The third-order valence-electron chi connectivity index (χ3n) is 3.91. The Labute approximate surface area is 145 Å². The molecule has 1 fully saturated rings. The number of thiazole rings is 1. The normalized spacial score (nSPS) is 14.5. The van der Waals surface area contributed by atoms with E-state index in [1.165, 1.54) is 0 Å². The van der Waals surface area contributed by atoms with Crippen LogP contribution in [-0.2, 0) is 10.0 Å². The number of hydrogen-bond donors (Lipinski definition) is 1. The number of aromatic nitrogens is 1.